The van der Waals surface area contributed by atoms with Crippen molar-refractivity contribution in [1.29, 1.82) is 0 Å². The fraction of sp³-hybridized carbons (Fsp3) is 0.217. The molecule has 182 valence electrons. The number of piperazine rings is 1. The molecule has 0 spiro atoms. The Morgan fingerprint density at radius 1 is 1.06 bits per heavy atom. The van der Waals surface area contributed by atoms with Crippen LogP contribution in [0.4, 0.5) is 11.4 Å². The van der Waals surface area contributed by atoms with E-state index in [2.05, 4.69) is 21.0 Å². The monoisotopic (exact) mass is 496 g/mol. The zero-order valence-electron chi connectivity index (χ0n) is 18.8. The summed E-state index contributed by atoms with van der Waals surface area (Å²) >= 11 is 0. The van der Waals surface area contributed by atoms with Gasteiger partial charge in [-0.2, -0.15) is 9.40 Å². The number of nitrogens with one attached hydrogen (secondary N) is 3. The van der Waals surface area contributed by atoms with Gasteiger partial charge in [-0.05, 0) is 49.4 Å². The number of rotatable bonds is 7. The first-order valence-corrected chi connectivity index (χ1v) is 12.3. The molecule has 2 aromatic carbocycles. The molecule has 12 heteroatoms. The molecular formula is C23H24N6O5S. The molecule has 0 saturated carbocycles. The second-order valence-corrected chi connectivity index (χ2v) is 9.84. The van der Waals surface area contributed by atoms with E-state index in [1.54, 1.807) is 49.6 Å². The van der Waals surface area contributed by atoms with Crippen LogP contribution in [0, 0.1) is 0 Å². The van der Waals surface area contributed by atoms with Crippen LogP contribution in [0.25, 0.3) is 0 Å². The molecule has 3 amide bonds. The summed E-state index contributed by atoms with van der Waals surface area (Å²) in [5.41, 5.74) is 1.03. The molecule has 1 fully saturated rings. The second kappa shape index (κ2) is 10.1. The molecule has 1 unspecified atom stereocenters. The maximum absolute atomic E-state index is 12.9. The highest BCUT2D eigenvalue weighted by Crippen LogP contribution is 2.21. The highest BCUT2D eigenvalue weighted by atomic mass is 32.2. The van der Waals surface area contributed by atoms with Gasteiger partial charge in [0.15, 0.2) is 0 Å². The molecular weight excluding hydrogens is 472 g/mol. The Hall–Kier alpha value is -4.03. The molecule has 4 rings (SSSR count). The van der Waals surface area contributed by atoms with Crippen LogP contribution in [0.2, 0.25) is 0 Å². The maximum atomic E-state index is 12.9. The quantitative estimate of drug-likeness (QED) is 0.452. The van der Waals surface area contributed by atoms with Crippen molar-refractivity contribution in [2.45, 2.75) is 17.9 Å². The van der Waals surface area contributed by atoms with Crippen molar-refractivity contribution in [3.8, 4) is 0 Å². The van der Waals surface area contributed by atoms with Crippen molar-refractivity contribution in [3.63, 3.8) is 0 Å². The van der Waals surface area contributed by atoms with Crippen molar-refractivity contribution >= 4 is 39.1 Å². The molecule has 35 heavy (non-hydrogen) atoms. The lowest BCUT2D eigenvalue weighted by Gasteiger charge is -2.26. The zero-order chi connectivity index (χ0) is 25.0. The van der Waals surface area contributed by atoms with Crippen LogP contribution in [-0.2, 0) is 19.6 Å². The van der Waals surface area contributed by atoms with Crippen LogP contribution in [0.1, 0.15) is 23.3 Å². The van der Waals surface area contributed by atoms with E-state index in [1.165, 1.54) is 28.9 Å². The minimum Gasteiger partial charge on any atom is -0.354 e. The molecule has 2 heterocycles. The summed E-state index contributed by atoms with van der Waals surface area (Å²) in [6.07, 6.45) is 3.28. The molecule has 1 saturated heterocycles. The molecule has 3 aromatic rings. The van der Waals surface area contributed by atoms with Gasteiger partial charge in [0.2, 0.25) is 21.8 Å². The van der Waals surface area contributed by atoms with E-state index in [0.717, 1.165) is 4.31 Å². The third kappa shape index (κ3) is 5.55. The van der Waals surface area contributed by atoms with E-state index in [4.69, 9.17) is 0 Å². The van der Waals surface area contributed by atoms with Crippen molar-refractivity contribution < 1.29 is 22.8 Å². The smallest absolute Gasteiger partial charge is 0.255 e. The Bertz CT molecular complexity index is 1360. The molecule has 1 aromatic heterocycles. The molecule has 1 aliphatic rings. The summed E-state index contributed by atoms with van der Waals surface area (Å²) in [5.74, 6) is -1.17. The van der Waals surface area contributed by atoms with Crippen LogP contribution in [-0.4, -0.2) is 59.9 Å². The number of anilines is 2. The predicted octanol–water partition coefficient (Wildman–Crippen LogP) is 1.46. The number of aromatic nitrogens is 2. The van der Waals surface area contributed by atoms with Crippen LogP contribution in [0.15, 0.2) is 71.9 Å². The lowest BCUT2D eigenvalue weighted by atomic mass is 10.2. The molecule has 1 atom stereocenters. The van der Waals surface area contributed by atoms with Crippen molar-refractivity contribution in [2.24, 2.45) is 0 Å². The van der Waals surface area contributed by atoms with E-state index >= 15 is 0 Å². The molecule has 0 aliphatic carbocycles. The lowest BCUT2D eigenvalue weighted by Crippen LogP contribution is -2.49. The number of carbonyl (C=O) groups excluding carboxylic acids is 3. The average Bonchev–Trinajstić information content (AvgIpc) is 3.39. The van der Waals surface area contributed by atoms with Crippen LogP contribution < -0.4 is 16.0 Å². The summed E-state index contributed by atoms with van der Waals surface area (Å²) in [4.78, 5) is 36.9. The fourth-order valence-corrected chi connectivity index (χ4v) is 4.97. The zero-order valence-corrected chi connectivity index (χ0v) is 19.7. The molecule has 0 radical (unpaired) electrons. The van der Waals surface area contributed by atoms with Gasteiger partial charge >= 0.3 is 0 Å². The summed E-state index contributed by atoms with van der Waals surface area (Å²) in [7, 11) is -3.93. The normalized spacial score (nSPS) is 15.2. The number of benzene rings is 2. The number of amides is 3. The Labute approximate surface area is 202 Å². The van der Waals surface area contributed by atoms with Gasteiger partial charge in [-0.3, -0.25) is 19.1 Å². The Morgan fingerprint density at radius 2 is 1.80 bits per heavy atom. The van der Waals surface area contributed by atoms with Crippen molar-refractivity contribution in [3.05, 3.63) is 72.6 Å². The average molecular weight is 497 g/mol. The number of hydrogen-bond acceptors (Lipinski definition) is 6. The maximum Gasteiger partial charge on any atom is 0.255 e. The Kier molecular flexibility index (Phi) is 6.94. The molecule has 3 N–H and O–H groups in total. The van der Waals surface area contributed by atoms with Crippen molar-refractivity contribution in [1.82, 2.24) is 19.4 Å². The third-order valence-corrected chi connectivity index (χ3v) is 7.27. The first-order chi connectivity index (χ1) is 16.7. The van der Waals surface area contributed by atoms with E-state index < -0.39 is 22.0 Å². The van der Waals surface area contributed by atoms with E-state index in [0.29, 0.717) is 11.4 Å². The molecule has 0 bridgehead atoms. The number of hydrogen-bond donors (Lipinski definition) is 3. The number of nitrogens with zero attached hydrogens (tertiary/aromatic N) is 3. The standard InChI is InChI=1S/C23H24N6O5S/c1-16(29-11-4-9-25-29)22(31)26-18-6-3-7-19(14-18)27-23(32)17-5-2-8-20(13-17)35(33,34)28-12-10-24-21(30)15-28/h2-9,11,13-14,16H,10,12,15H2,1H3,(H,24,30)(H,26,31)(H,27,32). The summed E-state index contributed by atoms with van der Waals surface area (Å²) < 4.78 is 28.5. The van der Waals surface area contributed by atoms with E-state index in [-0.39, 0.29) is 41.9 Å². The van der Waals surface area contributed by atoms with Gasteiger partial charge < -0.3 is 16.0 Å². The Balaban J connectivity index is 1.46. The molecule has 11 nitrogen and oxygen atoms in total. The number of carbonyl (C=O) groups is 3. The lowest BCUT2D eigenvalue weighted by molar-refractivity contribution is -0.122. The van der Waals surface area contributed by atoms with Gasteiger partial charge in [-0.15, -0.1) is 0 Å². The van der Waals surface area contributed by atoms with Gasteiger partial charge in [0.05, 0.1) is 11.4 Å². The van der Waals surface area contributed by atoms with Gasteiger partial charge in [-0.1, -0.05) is 12.1 Å². The van der Waals surface area contributed by atoms with Gasteiger partial charge in [0.1, 0.15) is 6.04 Å². The largest absolute Gasteiger partial charge is 0.354 e. The highest BCUT2D eigenvalue weighted by Gasteiger charge is 2.29. The highest BCUT2D eigenvalue weighted by molar-refractivity contribution is 7.89. The first-order valence-electron chi connectivity index (χ1n) is 10.8. The second-order valence-electron chi connectivity index (χ2n) is 7.90. The summed E-state index contributed by atoms with van der Waals surface area (Å²) in [6.45, 7) is 1.83. The van der Waals surface area contributed by atoms with Gasteiger partial charge in [0.25, 0.3) is 5.91 Å². The summed E-state index contributed by atoms with van der Waals surface area (Å²) in [5, 5.41) is 12.1. The predicted molar refractivity (Wildman–Crippen MR) is 128 cm³/mol. The minimum atomic E-state index is -3.93. The summed E-state index contributed by atoms with van der Waals surface area (Å²) in [6, 6.07) is 13.4. The van der Waals surface area contributed by atoms with Crippen LogP contribution in [0.5, 0.6) is 0 Å². The van der Waals surface area contributed by atoms with Crippen LogP contribution in [0.3, 0.4) is 0 Å². The topological polar surface area (TPSA) is 142 Å². The van der Waals surface area contributed by atoms with Gasteiger partial charge in [-0.25, -0.2) is 8.42 Å². The van der Waals surface area contributed by atoms with Crippen LogP contribution >= 0.6 is 0 Å². The fourth-order valence-electron chi connectivity index (χ4n) is 3.52. The van der Waals surface area contributed by atoms with E-state index in [1.807, 2.05) is 0 Å². The van der Waals surface area contributed by atoms with Gasteiger partial charge in [0, 0.05) is 42.4 Å². The van der Waals surface area contributed by atoms with Crippen molar-refractivity contribution in [2.75, 3.05) is 30.3 Å². The Morgan fingerprint density at radius 3 is 2.51 bits per heavy atom. The SMILES string of the molecule is CC(C(=O)Nc1cccc(NC(=O)c2cccc(S(=O)(=O)N3CCNC(=O)C3)c2)c1)n1cccn1. The van der Waals surface area contributed by atoms with E-state index in [9.17, 15) is 22.8 Å². The number of sulfonamides is 1. The first kappa shape index (κ1) is 24.1. The minimum absolute atomic E-state index is 0.0755. The third-order valence-electron chi connectivity index (χ3n) is 5.43. The molecule has 1 aliphatic heterocycles.